The Morgan fingerprint density at radius 3 is 2.77 bits per heavy atom. The highest BCUT2D eigenvalue weighted by atomic mass is 127. The lowest BCUT2D eigenvalue weighted by atomic mass is 10.0. The van der Waals surface area contributed by atoms with Gasteiger partial charge in [0.25, 0.3) is 0 Å². The van der Waals surface area contributed by atoms with Crippen LogP contribution in [0.5, 0.6) is 0 Å². The number of fused-ring (bicyclic) bond motifs is 2. The highest BCUT2D eigenvalue weighted by molar-refractivity contribution is 14.1. The molecule has 2 aromatic carbocycles. The van der Waals surface area contributed by atoms with Gasteiger partial charge in [0.2, 0.25) is 0 Å². The fraction of sp³-hybridized carbons (Fsp3) is 0.333. The number of urea groups is 2. The molecule has 11 heteroatoms. The van der Waals surface area contributed by atoms with E-state index in [9.17, 15) is 19.2 Å². The van der Waals surface area contributed by atoms with Crippen LogP contribution >= 0.6 is 22.6 Å². The number of carbonyl (C=O) groups is 3. The Morgan fingerprint density at radius 1 is 1.23 bits per heavy atom. The number of oxazole rings is 1. The van der Waals surface area contributed by atoms with Crippen LogP contribution in [0.3, 0.4) is 0 Å². The fourth-order valence-corrected chi connectivity index (χ4v) is 5.52. The number of amides is 4. The normalized spacial score (nSPS) is 17.1. The van der Waals surface area contributed by atoms with Crippen molar-refractivity contribution in [3.63, 3.8) is 0 Å². The number of hydrogen-bond donors (Lipinski definition) is 3. The summed E-state index contributed by atoms with van der Waals surface area (Å²) in [4.78, 5) is 54.8. The van der Waals surface area contributed by atoms with Crippen molar-refractivity contribution in [1.82, 2.24) is 20.1 Å². The minimum atomic E-state index is -0.719. The number of piperidine rings is 1. The van der Waals surface area contributed by atoms with Crippen LogP contribution in [-0.4, -0.2) is 58.3 Å². The number of benzene rings is 2. The first kappa shape index (κ1) is 23.4. The maximum Gasteiger partial charge on any atom is 0.417 e. The molecule has 182 valence electrons. The molecule has 0 radical (unpaired) electrons. The highest BCUT2D eigenvalue weighted by Crippen LogP contribution is 2.27. The Bertz CT molecular complexity index is 1340. The summed E-state index contributed by atoms with van der Waals surface area (Å²) >= 11 is 2.09. The van der Waals surface area contributed by atoms with Crippen molar-refractivity contribution >= 4 is 57.7 Å². The van der Waals surface area contributed by atoms with Gasteiger partial charge in [-0.15, -0.1) is 0 Å². The van der Waals surface area contributed by atoms with Crippen LogP contribution in [0.2, 0.25) is 0 Å². The molecule has 0 spiro atoms. The van der Waals surface area contributed by atoms with Crippen LogP contribution in [-0.2, 0) is 17.8 Å². The molecule has 3 heterocycles. The Labute approximate surface area is 214 Å². The maximum absolute atomic E-state index is 12.8. The summed E-state index contributed by atoms with van der Waals surface area (Å²) in [7, 11) is 0. The second-order valence-electron chi connectivity index (χ2n) is 8.79. The third kappa shape index (κ3) is 4.90. The molecule has 1 aromatic heterocycles. The zero-order valence-electron chi connectivity index (χ0n) is 18.8. The molecule has 5 rings (SSSR count). The second kappa shape index (κ2) is 9.72. The topological polar surface area (TPSA) is 128 Å². The van der Waals surface area contributed by atoms with Gasteiger partial charge >= 0.3 is 17.8 Å². The zero-order chi connectivity index (χ0) is 24.5. The second-order valence-corrected chi connectivity index (χ2v) is 9.96. The highest BCUT2D eigenvalue weighted by Gasteiger charge is 2.33. The van der Waals surface area contributed by atoms with Gasteiger partial charge in [-0.3, -0.25) is 4.98 Å². The van der Waals surface area contributed by atoms with Gasteiger partial charge in [-0.1, -0.05) is 18.2 Å². The van der Waals surface area contributed by atoms with E-state index in [0.717, 1.165) is 20.4 Å². The van der Waals surface area contributed by atoms with E-state index >= 15 is 0 Å². The molecule has 0 saturated carbocycles. The lowest BCUT2D eigenvalue weighted by molar-refractivity contribution is -0.109. The smallest absolute Gasteiger partial charge is 0.408 e. The number of rotatable bonds is 5. The average molecular weight is 589 g/mol. The first-order valence-corrected chi connectivity index (χ1v) is 12.5. The molecule has 1 atom stereocenters. The number of para-hydroxylation sites is 1. The lowest BCUT2D eigenvalue weighted by Crippen LogP contribution is -2.54. The number of hydrogen-bond acceptors (Lipinski definition) is 5. The van der Waals surface area contributed by atoms with Gasteiger partial charge in [-0.25, -0.2) is 14.4 Å². The SMILES string of the molecule is O=CC(Cc1cc(I)c2[nH]c(=O)oc2c1)NC(=O)N1CCC(N2Cc3ccccc3NC2=O)CC1. The number of halogens is 1. The molecule has 3 N–H and O–H groups in total. The third-order valence-electron chi connectivity index (χ3n) is 6.53. The Morgan fingerprint density at radius 2 is 2.00 bits per heavy atom. The summed E-state index contributed by atoms with van der Waals surface area (Å²) < 4.78 is 5.93. The van der Waals surface area contributed by atoms with E-state index in [2.05, 4.69) is 38.2 Å². The molecule has 1 fully saturated rings. The minimum Gasteiger partial charge on any atom is -0.408 e. The molecular formula is C24H24IN5O5. The summed E-state index contributed by atoms with van der Waals surface area (Å²) in [5.74, 6) is -0.537. The molecule has 0 bridgehead atoms. The number of aromatic nitrogens is 1. The molecule has 2 aliphatic heterocycles. The van der Waals surface area contributed by atoms with Gasteiger partial charge in [0.1, 0.15) is 11.8 Å². The van der Waals surface area contributed by atoms with E-state index in [1.54, 1.807) is 11.0 Å². The number of H-pyrrole nitrogens is 1. The first-order chi connectivity index (χ1) is 16.9. The largest absolute Gasteiger partial charge is 0.417 e. The number of nitrogens with one attached hydrogen (secondary N) is 3. The van der Waals surface area contributed by atoms with E-state index in [4.69, 9.17) is 4.42 Å². The van der Waals surface area contributed by atoms with Crippen LogP contribution < -0.4 is 16.4 Å². The van der Waals surface area contributed by atoms with Crippen molar-refractivity contribution in [3.05, 3.63) is 61.6 Å². The maximum atomic E-state index is 12.8. The molecular weight excluding hydrogens is 565 g/mol. The van der Waals surface area contributed by atoms with E-state index in [1.807, 2.05) is 35.2 Å². The molecule has 4 amide bonds. The van der Waals surface area contributed by atoms with Crippen LogP contribution in [0.1, 0.15) is 24.0 Å². The van der Waals surface area contributed by atoms with Crippen molar-refractivity contribution < 1.29 is 18.8 Å². The summed E-state index contributed by atoms with van der Waals surface area (Å²) in [6.07, 6.45) is 2.32. The van der Waals surface area contributed by atoms with Crippen molar-refractivity contribution in [1.29, 1.82) is 0 Å². The summed E-state index contributed by atoms with van der Waals surface area (Å²) in [5, 5.41) is 5.74. The molecule has 0 aliphatic carbocycles. The average Bonchev–Trinajstić information content (AvgIpc) is 3.24. The molecule has 2 aliphatic rings. The molecule has 1 saturated heterocycles. The van der Waals surface area contributed by atoms with E-state index < -0.39 is 11.8 Å². The van der Waals surface area contributed by atoms with Crippen molar-refractivity contribution in [2.45, 2.75) is 37.9 Å². The number of nitrogens with zero attached hydrogens (tertiary/aromatic N) is 2. The third-order valence-corrected chi connectivity index (χ3v) is 7.38. The number of carbonyl (C=O) groups excluding carboxylic acids is 3. The van der Waals surface area contributed by atoms with Gasteiger partial charge in [0.05, 0.1) is 6.04 Å². The van der Waals surface area contributed by atoms with Crippen LogP contribution in [0.25, 0.3) is 11.1 Å². The van der Waals surface area contributed by atoms with Crippen LogP contribution in [0.4, 0.5) is 15.3 Å². The lowest BCUT2D eigenvalue weighted by Gasteiger charge is -2.40. The standard InChI is InChI=1S/C24H24IN5O5/c25-18-10-14(11-20-21(18)28-24(34)35-20)9-16(13-31)26-22(32)29-7-5-17(6-8-29)30-12-15-3-1-2-4-19(15)27-23(30)33/h1-4,10-11,13,16-17H,5-9,12H2,(H,26,32)(H,27,33)(H,28,34). The fourth-order valence-electron chi connectivity index (χ4n) is 4.72. The summed E-state index contributed by atoms with van der Waals surface area (Å²) in [6.45, 7) is 1.54. The summed E-state index contributed by atoms with van der Waals surface area (Å²) in [6, 6.07) is 10.2. The number of aldehydes is 1. The minimum absolute atomic E-state index is 0.0408. The zero-order valence-corrected chi connectivity index (χ0v) is 20.9. The number of anilines is 1. The Kier molecular flexibility index (Phi) is 6.50. The molecule has 10 nitrogen and oxygen atoms in total. The van der Waals surface area contributed by atoms with Gasteiger partial charge in [-0.2, -0.15) is 0 Å². The van der Waals surface area contributed by atoms with E-state index in [1.165, 1.54) is 0 Å². The van der Waals surface area contributed by atoms with Crippen molar-refractivity contribution in [3.8, 4) is 0 Å². The van der Waals surface area contributed by atoms with Crippen LogP contribution in [0.15, 0.2) is 45.6 Å². The van der Waals surface area contributed by atoms with Gasteiger partial charge in [-0.05, 0) is 71.2 Å². The van der Waals surface area contributed by atoms with Gasteiger partial charge < -0.3 is 29.6 Å². The van der Waals surface area contributed by atoms with E-state index in [-0.39, 0.29) is 24.5 Å². The number of likely N-dealkylation sites (tertiary alicyclic amines) is 1. The Hall–Kier alpha value is -3.35. The van der Waals surface area contributed by atoms with Gasteiger partial charge in [0.15, 0.2) is 5.58 Å². The predicted octanol–water partition coefficient (Wildman–Crippen LogP) is 3.06. The monoisotopic (exact) mass is 589 g/mol. The quantitative estimate of drug-likeness (QED) is 0.312. The molecule has 1 unspecified atom stereocenters. The molecule has 35 heavy (non-hydrogen) atoms. The Balaban J connectivity index is 1.17. The van der Waals surface area contributed by atoms with Crippen LogP contribution in [0, 0.1) is 3.57 Å². The predicted molar refractivity (Wildman–Crippen MR) is 137 cm³/mol. The van der Waals surface area contributed by atoms with Gasteiger partial charge in [0, 0.05) is 34.9 Å². The molecule has 3 aromatic rings. The number of aromatic amines is 1. The first-order valence-electron chi connectivity index (χ1n) is 11.4. The van der Waals surface area contributed by atoms with E-state index in [0.29, 0.717) is 49.9 Å². The van der Waals surface area contributed by atoms with Crippen molar-refractivity contribution in [2.24, 2.45) is 0 Å². The van der Waals surface area contributed by atoms with Crippen molar-refractivity contribution in [2.75, 3.05) is 18.4 Å². The summed E-state index contributed by atoms with van der Waals surface area (Å²) in [5.41, 5.74) is 3.72.